The summed E-state index contributed by atoms with van der Waals surface area (Å²) in [5, 5.41) is 3.48. The largest absolute Gasteiger partial charge is 0.313 e. The average Bonchev–Trinajstić information content (AvgIpc) is 2.95. The minimum absolute atomic E-state index is 0.141. The zero-order chi connectivity index (χ0) is 14.8. The van der Waals surface area contributed by atoms with E-state index in [1.54, 1.807) is 12.1 Å². The summed E-state index contributed by atoms with van der Waals surface area (Å²) in [7, 11) is 1.93. The Morgan fingerprint density at radius 1 is 1.14 bits per heavy atom. The van der Waals surface area contributed by atoms with Crippen LogP contribution in [0, 0.1) is 5.82 Å². The van der Waals surface area contributed by atoms with Crippen LogP contribution in [0.5, 0.6) is 0 Å². The van der Waals surface area contributed by atoms with Crippen LogP contribution in [-0.2, 0) is 19.3 Å². The molecule has 0 spiro atoms. The van der Waals surface area contributed by atoms with E-state index in [1.807, 2.05) is 7.05 Å². The van der Waals surface area contributed by atoms with Crippen LogP contribution < -0.4 is 5.32 Å². The Balaban J connectivity index is 1.82. The van der Waals surface area contributed by atoms with E-state index in [1.165, 1.54) is 42.0 Å². The lowest BCUT2D eigenvalue weighted by atomic mass is 9.96. The molecule has 1 unspecified atom stereocenters. The van der Waals surface area contributed by atoms with E-state index in [9.17, 15) is 4.39 Å². The molecule has 1 N–H and O–H groups in total. The first kappa shape index (κ1) is 14.6. The van der Waals surface area contributed by atoms with Crippen molar-refractivity contribution in [1.29, 1.82) is 0 Å². The second kappa shape index (κ2) is 6.17. The fraction of sp³-hybridized carbons (Fsp3) is 0.333. The van der Waals surface area contributed by atoms with Crippen molar-refractivity contribution in [2.45, 2.75) is 31.7 Å². The second-order valence-corrected chi connectivity index (χ2v) is 6.08. The summed E-state index contributed by atoms with van der Waals surface area (Å²) >= 11 is 5.89. The highest BCUT2D eigenvalue weighted by molar-refractivity contribution is 6.30. The predicted molar refractivity (Wildman–Crippen MR) is 85.4 cm³/mol. The molecule has 2 aromatic carbocycles. The van der Waals surface area contributed by atoms with E-state index >= 15 is 0 Å². The van der Waals surface area contributed by atoms with Gasteiger partial charge in [0.15, 0.2) is 0 Å². The Morgan fingerprint density at radius 2 is 1.95 bits per heavy atom. The predicted octanol–water partition coefficient (Wildman–Crippen LogP) is 4.47. The third-order valence-electron chi connectivity index (χ3n) is 4.30. The van der Waals surface area contributed by atoms with Crippen molar-refractivity contribution in [2.24, 2.45) is 0 Å². The maximum Gasteiger partial charge on any atom is 0.141 e. The molecule has 0 amide bonds. The van der Waals surface area contributed by atoms with Gasteiger partial charge in [0, 0.05) is 6.04 Å². The van der Waals surface area contributed by atoms with Gasteiger partial charge in [-0.25, -0.2) is 4.39 Å². The summed E-state index contributed by atoms with van der Waals surface area (Å²) in [6, 6.07) is 11.9. The molecule has 1 aliphatic carbocycles. The van der Waals surface area contributed by atoms with Gasteiger partial charge in [-0.2, -0.15) is 0 Å². The maximum absolute atomic E-state index is 13.3. The molecule has 0 radical (unpaired) electrons. The van der Waals surface area contributed by atoms with Gasteiger partial charge >= 0.3 is 0 Å². The summed E-state index contributed by atoms with van der Waals surface area (Å²) in [5.41, 5.74) is 5.31. The molecule has 0 heterocycles. The highest BCUT2D eigenvalue weighted by Crippen LogP contribution is 2.27. The van der Waals surface area contributed by atoms with E-state index in [2.05, 4.69) is 23.5 Å². The van der Waals surface area contributed by atoms with Crippen molar-refractivity contribution < 1.29 is 4.39 Å². The highest BCUT2D eigenvalue weighted by atomic mass is 35.5. The summed E-state index contributed by atoms with van der Waals surface area (Å²) in [4.78, 5) is 0. The van der Waals surface area contributed by atoms with Crippen molar-refractivity contribution >= 4 is 11.6 Å². The van der Waals surface area contributed by atoms with E-state index in [4.69, 9.17) is 11.6 Å². The molecule has 110 valence electrons. The van der Waals surface area contributed by atoms with Gasteiger partial charge in [0.25, 0.3) is 0 Å². The molecule has 1 nitrogen and oxygen atoms in total. The van der Waals surface area contributed by atoms with Gasteiger partial charge in [-0.1, -0.05) is 35.9 Å². The lowest BCUT2D eigenvalue weighted by Gasteiger charge is -2.18. The van der Waals surface area contributed by atoms with Crippen molar-refractivity contribution in [1.82, 2.24) is 5.32 Å². The van der Waals surface area contributed by atoms with E-state index in [0.717, 1.165) is 12.0 Å². The second-order valence-electron chi connectivity index (χ2n) is 5.68. The van der Waals surface area contributed by atoms with Gasteiger partial charge in [0.05, 0.1) is 5.02 Å². The molecule has 21 heavy (non-hydrogen) atoms. The summed E-state index contributed by atoms with van der Waals surface area (Å²) in [5.74, 6) is -0.368. The minimum atomic E-state index is -0.368. The van der Waals surface area contributed by atoms with Crippen molar-refractivity contribution in [3.05, 3.63) is 69.5 Å². The number of aryl methyl sites for hydroxylation is 2. The fourth-order valence-electron chi connectivity index (χ4n) is 3.10. The number of hydrogen-bond donors (Lipinski definition) is 1. The Bertz CT molecular complexity index is 654. The fourth-order valence-corrected chi connectivity index (χ4v) is 3.29. The van der Waals surface area contributed by atoms with Crippen molar-refractivity contribution in [3.8, 4) is 0 Å². The van der Waals surface area contributed by atoms with Crippen LogP contribution in [0.4, 0.5) is 4.39 Å². The van der Waals surface area contributed by atoms with Gasteiger partial charge in [0.2, 0.25) is 0 Å². The van der Waals surface area contributed by atoms with Crippen LogP contribution in [-0.4, -0.2) is 7.05 Å². The van der Waals surface area contributed by atoms with Gasteiger partial charge in [-0.15, -0.1) is 0 Å². The third-order valence-corrected chi connectivity index (χ3v) is 4.59. The summed E-state index contributed by atoms with van der Waals surface area (Å²) in [6.45, 7) is 0. The molecule has 2 aromatic rings. The number of fused-ring (bicyclic) bond motifs is 1. The van der Waals surface area contributed by atoms with Crippen LogP contribution in [0.1, 0.15) is 34.7 Å². The van der Waals surface area contributed by atoms with Gasteiger partial charge in [0.1, 0.15) is 5.82 Å². The van der Waals surface area contributed by atoms with E-state index in [0.29, 0.717) is 0 Å². The van der Waals surface area contributed by atoms with Gasteiger partial charge in [-0.05, 0) is 67.1 Å². The smallest absolute Gasteiger partial charge is 0.141 e. The number of benzene rings is 2. The topological polar surface area (TPSA) is 12.0 Å². The summed E-state index contributed by atoms with van der Waals surface area (Å²) < 4.78 is 13.3. The third kappa shape index (κ3) is 3.12. The normalized spacial score (nSPS) is 15.0. The Hall–Kier alpha value is -1.38. The Morgan fingerprint density at radius 3 is 2.71 bits per heavy atom. The molecule has 0 fully saturated rings. The molecular formula is C18H19ClFN. The van der Waals surface area contributed by atoms with Crippen molar-refractivity contribution in [3.63, 3.8) is 0 Å². The van der Waals surface area contributed by atoms with Gasteiger partial charge in [-0.3, -0.25) is 0 Å². The molecule has 1 atom stereocenters. The zero-order valence-corrected chi connectivity index (χ0v) is 12.9. The SMILES string of the molecule is CNC(Cc1ccc2c(c1)CCC2)c1ccc(F)c(Cl)c1. The number of rotatable bonds is 4. The number of nitrogens with one attached hydrogen (secondary N) is 1. The quantitative estimate of drug-likeness (QED) is 0.878. The van der Waals surface area contributed by atoms with Crippen LogP contribution in [0.3, 0.4) is 0 Å². The molecular weight excluding hydrogens is 285 g/mol. The van der Waals surface area contributed by atoms with E-state index in [-0.39, 0.29) is 16.9 Å². The Kier molecular flexibility index (Phi) is 4.27. The lowest BCUT2D eigenvalue weighted by molar-refractivity contribution is 0.586. The molecule has 3 rings (SSSR count). The monoisotopic (exact) mass is 303 g/mol. The first-order valence-corrected chi connectivity index (χ1v) is 7.78. The number of likely N-dealkylation sites (N-methyl/N-ethyl adjacent to an activating group) is 1. The van der Waals surface area contributed by atoms with Crippen LogP contribution >= 0.6 is 11.6 Å². The van der Waals surface area contributed by atoms with Gasteiger partial charge < -0.3 is 5.32 Å². The Labute approximate surface area is 130 Å². The molecule has 3 heteroatoms. The van der Waals surface area contributed by atoms with Crippen molar-refractivity contribution in [2.75, 3.05) is 7.05 Å². The lowest BCUT2D eigenvalue weighted by Crippen LogP contribution is -2.19. The minimum Gasteiger partial charge on any atom is -0.313 e. The van der Waals surface area contributed by atoms with Crippen LogP contribution in [0.15, 0.2) is 36.4 Å². The first-order valence-electron chi connectivity index (χ1n) is 7.40. The van der Waals surface area contributed by atoms with Crippen LogP contribution in [0.2, 0.25) is 5.02 Å². The standard InChI is InChI=1S/C18H19ClFN/c1-21-18(15-7-8-17(20)16(19)11-15)10-12-5-6-13-3-2-4-14(13)9-12/h5-9,11,18,21H,2-4,10H2,1H3. The zero-order valence-electron chi connectivity index (χ0n) is 12.1. The molecule has 1 aliphatic rings. The van der Waals surface area contributed by atoms with Crippen LogP contribution in [0.25, 0.3) is 0 Å². The number of hydrogen-bond acceptors (Lipinski definition) is 1. The molecule has 0 aromatic heterocycles. The molecule has 0 aliphatic heterocycles. The number of halogens is 2. The summed E-state index contributed by atoms with van der Waals surface area (Å²) in [6.07, 6.45) is 4.54. The molecule has 0 saturated heterocycles. The highest BCUT2D eigenvalue weighted by Gasteiger charge is 2.15. The van der Waals surface area contributed by atoms with E-state index < -0.39 is 0 Å². The maximum atomic E-state index is 13.3. The molecule has 0 bridgehead atoms. The first-order chi connectivity index (χ1) is 10.2. The average molecular weight is 304 g/mol. The molecule has 0 saturated carbocycles.